The van der Waals surface area contributed by atoms with Gasteiger partial charge in [0.2, 0.25) is 0 Å². The number of nitrogens with two attached hydrogens (primary N) is 1. The molecule has 2 nitrogen and oxygen atoms in total. The minimum absolute atomic E-state index is 0. The minimum atomic E-state index is 0. The van der Waals surface area contributed by atoms with Gasteiger partial charge in [0.25, 0.3) is 0 Å². The number of para-hydroxylation sites is 1. The zero-order valence-corrected chi connectivity index (χ0v) is 10.9. The molecule has 0 aliphatic carbocycles. The first-order valence-electron chi connectivity index (χ1n) is 4.76. The summed E-state index contributed by atoms with van der Waals surface area (Å²) < 4.78 is 5.74. The van der Waals surface area contributed by atoms with E-state index in [0.29, 0.717) is 0 Å². The molecule has 0 aromatic heterocycles. The summed E-state index contributed by atoms with van der Waals surface area (Å²) in [6.07, 6.45) is 2.24. The van der Waals surface area contributed by atoms with Crippen LogP contribution in [0.5, 0.6) is 5.75 Å². The number of rotatable bonds is 2. The van der Waals surface area contributed by atoms with E-state index in [1.807, 2.05) is 19.1 Å². The van der Waals surface area contributed by atoms with Crippen LogP contribution in [0, 0.1) is 0 Å². The summed E-state index contributed by atoms with van der Waals surface area (Å²) in [5.74, 6) is 1.04. The van der Waals surface area contributed by atoms with Gasteiger partial charge in [-0.05, 0) is 25.0 Å². The first-order chi connectivity index (χ1) is 6.25. The predicted molar refractivity (Wildman–Crippen MR) is 53.9 cm³/mol. The summed E-state index contributed by atoms with van der Waals surface area (Å²) >= 11 is 0. The normalized spacial score (nSPS) is 20.6. The third-order valence-electron chi connectivity index (χ3n) is 2.35. The van der Waals surface area contributed by atoms with Crippen LogP contribution in [0.4, 0.5) is 0 Å². The number of hydrogen-bond acceptors (Lipinski definition) is 2. The molecule has 0 radical (unpaired) electrons. The molecule has 0 saturated heterocycles. The molecule has 1 aromatic carbocycles. The van der Waals surface area contributed by atoms with Crippen molar-refractivity contribution in [2.24, 2.45) is 5.73 Å². The van der Waals surface area contributed by atoms with E-state index in [4.69, 9.17) is 10.5 Å². The third kappa shape index (κ3) is 2.74. The van der Waals surface area contributed by atoms with Gasteiger partial charge >= 0.3 is 29.6 Å². The number of fused-ring (bicyclic) bond motifs is 1. The quantitative estimate of drug-likeness (QED) is 0.613. The van der Waals surface area contributed by atoms with Crippen LogP contribution in [0.15, 0.2) is 24.3 Å². The first-order valence-corrected chi connectivity index (χ1v) is 4.76. The summed E-state index contributed by atoms with van der Waals surface area (Å²) in [6, 6.07) is 8.43. The van der Waals surface area contributed by atoms with Gasteiger partial charge in [-0.3, -0.25) is 0 Å². The van der Waals surface area contributed by atoms with E-state index in [0.717, 1.165) is 18.6 Å². The molecule has 1 heterocycles. The van der Waals surface area contributed by atoms with E-state index in [2.05, 4.69) is 12.1 Å². The van der Waals surface area contributed by atoms with Gasteiger partial charge in [-0.25, -0.2) is 0 Å². The first kappa shape index (κ1) is 12.1. The predicted octanol–water partition coefficient (Wildman–Crippen LogP) is -1.16. The second-order valence-corrected chi connectivity index (χ2v) is 3.76. The number of hydrogen-bond donors (Lipinski definition) is 1. The van der Waals surface area contributed by atoms with Crippen molar-refractivity contribution in [1.82, 2.24) is 0 Å². The van der Waals surface area contributed by atoms with Crippen molar-refractivity contribution in [2.45, 2.75) is 31.9 Å². The van der Waals surface area contributed by atoms with E-state index >= 15 is 0 Å². The Kier molecular flexibility index (Phi) is 4.45. The van der Waals surface area contributed by atoms with Crippen LogP contribution in [-0.2, 0) is 6.42 Å². The van der Waals surface area contributed by atoms with Crippen molar-refractivity contribution in [3.63, 3.8) is 0 Å². The van der Waals surface area contributed by atoms with E-state index < -0.39 is 0 Å². The van der Waals surface area contributed by atoms with Gasteiger partial charge in [0.15, 0.2) is 0 Å². The average molecular weight is 201 g/mol. The molecule has 0 amide bonds. The maximum atomic E-state index is 5.74. The van der Waals surface area contributed by atoms with Gasteiger partial charge in [0, 0.05) is 12.5 Å². The molecule has 1 aliphatic rings. The van der Waals surface area contributed by atoms with Crippen LogP contribution >= 0.6 is 0 Å². The molecular weight excluding hydrogens is 185 g/mol. The molecule has 2 N–H and O–H groups in total. The van der Waals surface area contributed by atoms with Crippen molar-refractivity contribution >= 4 is 0 Å². The fourth-order valence-electron chi connectivity index (χ4n) is 1.80. The van der Waals surface area contributed by atoms with Crippen LogP contribution in [0.1, 0.15) is 20.3 Å². The second-order valence-electron chi connectivity index (χ2n) is 3.76. The second kappa shape index (κ2) is 5.17. The van der Waals surface area contributed by atoms with Gasteiger partial charge in [0.1, 0.15) is 11.9 Å². The van der Waals surface area contributed by atoms with Gasteiger partial charge in [-0.2, -0.15) is 0 Å². The Bertz CT molecular complexity index is 281. The molecule has 2 unspecified atom stereocenters. The van der Waals surface area contributed by atoms with Crippen molar-refractivity contribution in [2.75, 3.05) is 0 Å². The molecule has 2 atom stereocenters. The Labute approximate surface area is 109 Å². The summed E-state index contributed by atoms with van der Waals surface area (Å²) in [5.41, 5.74) is 7.04. The fraction of sp³-hybridized carbons (Fsp3) is 0.455. The number of ether oxygens (including phenoxy) is 1. The van der Waals surface area contributed by atoms with Gasteiger partial charge in [0.05, 0.1) is 0 Å². The summed E-state index contributed by atoms with van der Waals surface area (Å²) in [7, 11) is 0. The van der Waals surface area contributed by atoms with E-state index in [1.54, 1.807) is 0 Å². The maximum Gasteiger partial charge on any atom is 1.00 e. The van der Waals surface area contributed by atoms with Crippen LogP contribution in [0.2, 0.25) is 0 Å². The Hall–Kier alpha value is -0.0200. The van der Waals surface area contributed by atoms with Crippen molar-refractivity contribution < 1.29 is 35.7 Å². The standard InChI is InChI=1S/C11H15NO.Na.H/c1-8(12)6-10-7-9-4-2-3-5-11(9)13-10;;/h2-5,8,10H,6-7,12H2,1H3;;/q;+1;-1. The van der Waals surface area contributed by atoms with E-state index in [9.17, 15) is 0 Å². The monoisotopic (exact) mass is 201 g/mol. The SMILES string of the molecule is CC(N)CC1Cc2ccccc2O1.[H-].[Na+]. The van der Waals surface area contributed by atoms with E-state index in [-0.39, 0.29) is 43.1 Å². The Morgan fingerprint density at radius 3 is 2.93 bits per heavy atom. The van der Waals surface area contributed by atoms with Gasteiger partial charge in [-0.15, -0.1) is 0 Å². The molecule has 14 heavy (non-hydrogen) atoms. The van der Waals surface area contributed by atoms with Gasteiger partial charge < -0.3 is 11.9 Å². The van der Waals surface area contributed by atoms with Crippen LogP contribution < -0.4 is 40.0 Å². The molecule has 3 heteroatoms. The molecule has 0 fully saturated rings. The van der Waals surface area contributed by atoms with Gasteiger partial charge in [-0.1, -0.05) is 18.2 Å². The van der Waals surface area contributed by atoms with Crippen LogP contribution in [0.25, 0.3) is 0 Å². The molecule has 72 valence electrons. The zero-order valence-electron chi connectivity index (χ0n) is 9.86. The van der Waals surface area contributed by atoms with Crippen LogP contribution in [-0.4, -0.2) is 12.1 Å². The average Bonchev–Trinajstić information content (AvgIpc) is 2.44. The molecule has 1 aliphatic heterocycles. The summed E-state index contributed by atoms with van der Waals surface area (Å²) in [4.78, 5) is 0. The zero-order chi connectivity index (χ0) is 9.26. The third-order valence-corrected chi connectivity index (χ3v) is 2.35. The van der Waals surface area contributed by atoms with Crippen molar-refractivity contribution in [1.29, 1.82) is 0 Å². The Morgan fingerprint density at radius 2 is 2.29 bits per heavy atom. The summed E-state index contributed by atoms with van der Waals surface area (Å²) in [6.45, 7) is 2.02. The molecule has 2 rings (SSSR count). The van der Waals surface area contributed by atoms with Crippen molar-refractivity contribution in [3.8, 4) is 5.75 Å². The molecule has 0 bridgehead atoms. The minimum Gasteiger partial charge on any atom is -1.00 e. The Balaban J connectivity index is 0.000000980. The molecule has 0 saturated carbocycles. The summed E-state index contributed by atoms with van der Waals surface area (Å²) in [5, 5.41) is 0. The smallest absolute Gasteiger partial charge is 1.00 e. The topological polar surface area (TPSA) is 35.2 Å². The molecule has 1 aromatic rings. The maximum absolute atomic E-state index is 5.74. The van der Waals surface area contributed by atoms with Crippen molar-refractivity contribution in [3.05, 3.63) is 29.8 Å². The number of benzene rings is 1. The molecular formula is C11H16NNaO. The molecule has 0 spiro atoms. The fourth-order valence-corrected chi connectivity index (χ4v) is 1.80. The van der Waals surface area contributed by atoms with E-state index in [1.165, 1.54) is 5.56 Å². The largest absolute Gasteiger partial charge is 1.00 e. The Morgan fingerprint density at radius 1 is 1.57 bits per heavy atom. The van der Waals surface area contributed by atoms with Crippen LogP contribution in [0.3, 0.4) is 0 Å².